The Morgan fingerprint density at radius 3 is 2.82 bits per heavy atom. The lowest BCUT2D eigenvalue weighted by Gasteiger charge is -2.32. The maximum Gasteiger partial charge on any atom is 0.225 e. The molecule has 2 N–H and O–H groups in total. The first kappa shape index (κ1) is 25.4. The summed E-state index contributed by atoms with van der Waals surface area (Å²) >= 11 is 6.48. The molecule has 0 radical (unpaired) electrons. The fourth-order valence-corrected chi connectivity index (χ4v) is 5.73. The molecule has 1 aromatic carbocycles. The number of aliphatic hydroxyl groups is 1. The van der Waals surface area contributed by atoms with Crippen molar-refractivity contribution in [2.24, 2.45) is 5.92 Å². The number of nitrogens with one attached hydrogen (secondary N) is 1. The molecule has 0 unspecified atom stereocenters. The van der Waals surface area contributed by atoms with Gasteiger partial charge in [-0.15, -0.1) is 0 Å². The molecule has 38 heavy (non-hydrogen) atoms. The van der Waals surface area contributed by atoms with Gasteiger partial charge in [0.25, 0.3) is 0 Å². The van der Waals surface area contributed by atoms with Crippen LogP contribution in [0.3, 0.4) is 0 Å². The summed E-state index contributed by atoms with van der Waals surface area (Å²) in [6.07, 6.45) is 1.02. The number of aliphatic hydroxyl groups excluding tert-OH is 1. The highest BCUT2D eigenvalue weighted by Crippen LogP contribution is 2.49. The van der Waals surface area contributed by atoms with Crippen LogP contribution in [0.15, 0.2) is 18.3 Å². The number of amides is 1. The number of ether oxygens (including phenoxy) is 2. The van der Waals surface area contributed by atoms with E-state index in [0.29, 0.717) is 42.0 Å². The summed E-state index contributed by atoms with van der Waals surface area (Å²) in [5, 5.41) is 14.0. The van der Waals surface area contributed by atoms with Crippen LogP contribution in [0.2, 0.25) is 5.02 Å². The molecule has 1 saturated carbocycles. The van der Waals surface area contributed by atoms with E-state index in [2.05, 4.69) is 20.3 Å². The summed E-state index contributed by atoms with van der Waals surface area (Å²) in [4.78, 5) is 27.6. The van der Waals surface area contributed by atoms with Gasteiger partial charge in [-0.25, -0.2) is 19.3 Å². The van der Waals surface area contributed by atoms with Crippen molar-refractivity contribution < 1.29 is 23.8 Å². The highest BCUT2D eigenvalue weighted by molar-refractivity contribution is 6.33. The third kappa shape index (κ3) is 4.31. The van der Waals surface area contributed by atoms with E-state index in [-0.39, 0.29) is 52.4 Å². The van der Waals surface area contributed by atoms with E-state index >= 15 is 4.39 Å². The summed E-state index contributed by atoms with van der Waals surface area (Å²) in [6, 6.07) is 2.83. The Morgan fingerprint density at radius 2 is 2.08 bits per heavy atom. The lowest BCUT2D eigenvalue weighted by molar-refractivity contribution is -0.156. The van der Waals surface area contributed by atoms with Crippen LogP contribution in [0.5, 0.6) is 0 Å². The third-order valence-electron chi connectivity index (χ3n) is 7.49. The van der Waals surface area contributed by atoms with Crippen molar-refractivity contribution in [3.05, 3.63) is 35.0 Å². The number of rotatable bonds is 6. The molecule has 2 aromatic heterocycles. The van der Waals surface area contributed by atoms with Gasteiger partial charge in [-0.2, -0.15) is 0 Å². The van der Waals surface area contributed by atoms with Gasteiger partial charge < -0.3 is 29.4 Å². The molecular formula is C26H30ClFN6O4. The van der Waals surface area contributed by atoms with Crippen LogP contribution in [0.1, 0.15) is 44.5 Å². The van der Waals surface area contributed by atoms with Crippen LogP contribution in [0, 0.1) is 11.7 Å². The normalized spacial score (nSPS) is 28.2. The second kappa shape index (κ2) is 9.41. The number of halogens is 2. The second-order valence-electron chi connectivity index (χ2n) is 10.8. The number of nitrogens with zero attached hydrogens (tertiary/aromatic N) is 5. The van der Waals surface area contributed by atoms with Gasteiger partial charge >= 0.3 is 0 Å². The first-order valence-electron chi connectivity index (χ1n) is 12.8. The maximum atomic E-state index is 15.5. The number of imidazole rings is 1. The van der Waals surface area contributed by atoms with Crippen molar-refractivity contribution in [3.8, 4) is 11.3 Å². The van der Waals surface area contributed by atoms with E-state index in [1.54, 1.807) is 19.0 Å². The summed E-state index contributed by atoms with van der Waals surface area (Å²) in [6.45, 7) is 4.45. The molecule has 202 valence electrons. The molecule has 0 spiro atoms. The van der Waals surface area contributed by atoms with E-state index < -0.39 is 18.2 Å². The molecule has 3 aromatic rings. The van der Waals surface area contributed by atoms with Gasteiger partial charge in [-0.05, 0) is 38.8 Å². The largest absolute Gasteiger partial charge is 0.386 e. The fourth-order valence-electron chi connectivity index (χ4n) is 5.53. The quantitative estimate of drug-likeness (QED) is 0.485. The predicted molar refractivity (Wildman–Crippen MR) is 138 cm³/mol. The lowest BCUT2D eigenvalue weighted by Crippen LogP contribution is -2.48. The van der Waals surface area contributed by atoms with Crippen LogP contribution in [0.4, 0.5) is 10.3 Å². The Hall–Kier alpha value is -2.86. The molecule has 12 heteroatoms. The van der Waals surface area contributed by atoms with E-state index in [4.69, 9.17) is 21.1 Å². The van der Waals surface area contributed by atoms with Crippen LogP contribution in [-0.4, -0.2) is 80.7 Å². The number of fused-ring (bicyclic) bond motifs is 3. The summed E-state index contributed by atoms with van der Waals surface area (Å²) < 4.78 is 28.5. The molecule has 1 amide bonds. The van der Waals surface area contributed by atoms with Crippen molar-refractivity contribution in [2.75, 3.05) is 26.0 Å². The van der Waals surface area contributed by atoms with E-state index in [1.807, 2.05) is 24.5 Å². The van der Waals surface area contributed by atoms with E-state index in [1.165, 1.54) is 12.3 Å². The minimum atomic E-state index is -0.880. The zero-order valence-electron chi connectivity index (χ0n) is 21.6. The van der Waals surface area contributed by atoms with Gasteiger partial charge in [0.05, 0.1) is 41.2 Å². The number of aromatic nitrogens is 4. The topological polar surface area (TPSA) is 115 Å². The smallest absolute Gasteiger partial charge is 0.225 e. The molecule has 2 bridgehead atoms. The molecule has 2 saturated heterocycles. The fraction of sp³-hybridized carbons (Fsp3) is 0.538. The highest BCUT2D eigenvalue weighted by atomic mass is 35.5. The van der Waals surface area contributed by atoms with E-state index in [9.17, 15) is 9.90 Å². The predicted octanol–water partition coefficient (Wildman–Crippen LogP) is 3.35. The Balaban J connectivity index is 1.35. The number of hydrogen-bond acceptors (Lipinski definition) is 8. The van der Waals surface area contributed by atoms with Gasteiger partial charge in [-0.3, -0.25) is 4.79 Å². The van der Waals surface area contributed by atoms with Gasteiger partial charge in [0.2, 0.25) is 11.9 Å². The van der Waals surface area contributed by atoms with E-state index in [0.717, 1.165) is 0 Å². The molecule has 3 fully saturated rings. The number of anilines is 1. The molecule has 1 aliphatic carbocycles. The molecule has 6 atom stereocenters. The number of carbonyl (C=O) groups is 1. The van der Waals surface area contributed by atoms with Crippen molar-refractivity contribution >= 4 is 34.5 Å². The van der Waals surface area contributed by atoms with Gasteiger partial charge in [0, 0.05) is 37.5 Å². The Kier molecular flexibility index (Phi) is 6.29. The SMILES string of the molecule is CC(C)n1c([C@@H]2C[C@H]2C(=O)N(C)C)nc2c(F)cc(-c3nc(N[C@@H]4C[C@H]5CO[C@H](O5)[C@H]4O)ncc3Cl)cc21. The first-order valence-corrected chi connectivity index (χ1v) is 13.2. The first-order chi connectivity index (χ1) is 18.1. The number of hydrogen-bond donors (Lipinski definition) is 2. The molecular weight excluding hydrogens is 515 g/mol. The van der Waals surface area contributed by atoms with Gasteiger partial charge in [0.1, 0.15) is 17.4 Å². The number of benzene rings is 1. The summed E-state index contributed by atoms with van der Waals surface area (Å²) in [7, 11) is 3.48. The van der Waals surface area contributed by atoms with Crippen molar-refractivity contribution in [3.63, 3.8) is 0 Å². The van der Waals surface area contributed by atoms with Crippen LogP contribution in [0.25, 0.3) is 22.3 Å². The molecule has 10 nitrogen and oxygen atoms in total. The van der Waals surface area contributed by atoms with Crippen molar-refractivity contribution in [1.82, 2.24) is 24.4 Å². The minimum Gasteiger partial charge on any atom is -0.386 e. The molecule has 6 rings (SSSR count). The maximum absolute atomic E-state index is 15.5. The highest BCUT2D eigenvalue weighted by Gasteiger charge is 2.48. The van der Waals surface area contributed by atoms with Gasteiger partial charge in [-0.1, -0.05) is 11.6 Å². The Morgan fingerprint density at radius 1 is 1.29 bits per heavy atom. The van der Waals surface area contributed by atoms with Crippen molar-refractivity contribution in [1.29, 1.82) is 0 Å². The Labute approximate surface area is 224 Å². The molecule has 3 aliphatic rings. The average molecular weight is 545 g/mol. The molecule has 2 aliphatic heterocycles. The second-order valence-corrected chi connectivity index (χ2v) is 11.2. The van der Waals surface area contributed by atoms with Crippen LogP contribution in [-0.2, 0) is 14.3 Å². The monoisotopic (exact) mass is 544 g/mol. The van der Waals surface area contributed by atoms with Crippen LogP contribution < -0.4 is 5.32 Å². The van der Waals surface area contributed by atoms with Crippen molar-refractivity contribution in [2.45, 2.75) is 63.2 Å². The summed E-state index contributed by atoms with van der Waals surface area (Å²) in [5.41, 5.74) is 1.71. The zero-order valence-corrected chi connectivity index (χ0v) is 22.3. The minimum absolute atomic E-state index is 0.00828. The number of carbonyl (C=O) groups excluding carboxylic acids is 1. The zero-order chi connectivity index (χ0) is 26.9. The lowest BCUT2D eigenvalue weighted by atomic mass is 10.0. The third-order valence-corrected chi connectivity index (χ3v) is 7.76. The van der Waals surface area contributed by atoms with Gasteiger partial charge in [0.15, 0.2) is 12.1 Å². The summed E-state index contributed by atoms with van der Waals surface area (Å²) in [5.74, 6) is 0.343. The van der Waals surface area contributed by atoms with Crippen LogP contribution >= 0.6 is 11.6 Å². The average Bonchev–Trinajstić information content (AvgIpc) is 3.40. The standard InChI is InChI=1S/C26H30ClFN6O4/c1-11(2)34-19-6-12(5-17(28)21(19)31-23(34)14-8-15(14)24(36)33(3)4)20-16(27)9-29-26(32-20)30-18-7-13-10-37-25(38-13)22(18)35/h5-6,9,11,13-15,18,22,25,35H,7-8,10H2,1-4H3,(H,29,30,32)/t13-,14+,15+,18+,22-,25+/m0/s1. The molecule has 4 heterocycles. The Bertz CT molecular complexity index is 1410.